The summed E-state index contributed by atoms with van der Waals surface area (Å²) in [5, 5.41) is 3.74. The molecular formula is C20H21ClN2O3. The molecule has 1 N–H and O–H groups in total. The minimum Gasteiger partial charge on any atom is -0.495 e. The molecule has 2 aromatic carbocycles. The molecule has 6 heteroatoms. The Morgan fingerprint density at radius 3 is 2.54 bits per heavy atom. The van der Waals surface area contributed by atoms with Crippen LogP contribution in [0.2, 0.25) is 5.02 Å². The SMILES string of the molecule is COc1cc(Cl)c(C)cc1N1C(=O)C[C@@H](Nc2cc(C)ccc2C)C1=O. The molecule has 1 aliphatic heterocycles. The maximum atomic E-state index is 12.9. The second-order valence-corrected chi connectivity index (χ2v) is 6.97. The number of methoxy groups -OCH3 is 1. The average molecular weight is 373 g/mol. The number of carbonyl (C=O) groups excluding carboxylic acids is 2. The number of ether oxygens (including phenoxy) is 1. The molecule has 1 heterocycles. The van der Waals surface area contributed by atoms with Crippen LogP contribution in [0.1, 0.15) is 23.1 Å². The number of imide groups is 1. The number of hydrogen-bond donors (Lipinski definition) is 1. The van der Waals surface area contributed by atoms with E-state index in [0.717, 1.165) is 22.4 Å². The van der Waals surface area contributed by atoms with Crippen LogP contribution in [0.5, 0.6) is 5.75 Å². The van der Waals surface area contributed by atoms with E-state index >= 15 is 0 Å². The zero-order chi connectivity index (χ0) is 19.0. The Bertz CT molecular complexity index is 895. The molecule has 0 unspecified atom stereocenters. The van der Waals surface area contributed by atoms with E-state index in [0.29, 0.717) is 16.5 Å². The number of hydrogen-bond acceptors (Lipinski definition) is 4. The lowest BCUT2D eigenvalue weighted by Crippen LogP contribution is -2.35. The van der Waals surface area contributed by atoms with Crippen LogP contribution in [-0.4, -0.2) is 25.0 Å². The lowest BCUT2D eigenvalue weighted by Gasteiger charge is -2.20. The van der Waals surface area contributed by atoms with E-state index in [-0.39, 0.29) is 18.2 Å². The first-order chi connectivity index (χ1) is 12.3. The number of rotatable bonds is 4. The van der Waals surface area contributed by atoms with E-state index in [4.69, 9.17) is 16.3 Å². The fraction of sp³-hybridized carbons (Fsp3) is 0.300. The van der Waals surface area contributed by atoms with Gasteiger partial charge in [0.25, 0.3) is 5.91 Å². The van der Waals surface area contributed by atoms with Gasteiger partial charge >= 0.3 is 0 Å². The molecule has 0 radical (unpaired) electrons. The fourth-order valence-electron chi connectivity index (χ4n) is 3.06. The van der Waals surface area contributed by atoms with Gasteiger partial charge in [-0.25, -0.2) is 4.90 Å². The Balaban J connectivity index is 1.93. The summed E-state index contributed by atoms with van der Waals surface area (Å²) in [6.07, 6.45) is 0.0943. The average Bonchev–Trinajstić information content (AvgIpc) is 2.87. The summed E-state index contributed by atoms with van der Waals surface area (Å²) in [4.78, 5) is 26.7. The highest BCUT2D eigenvalue weighted by Gasteiger charge is 2.41. The number of amides is 2. The van der Waals surface area contributed by atoms with Gasteiger partial charge in [-0.3, -0.25) is 9.59 Å². The van der Waals surface area contributed by atoms with E-state index in [2.05, 4.69) is 5.32 Å². The molecule has 3 rings (SSSR count). The first kappa shape index (κ1) is 18.3. The van der Waals surface area contributed by atoms with Crippen molar-refractivity contribution in [1.82, 2.24) is 0 Å². The van der Waals surface area contributed by atoms with Crippen LogP contribution in [0, 0.1) is 20.8 Å². The van der Waals surface area contributed by atoms with Crippen molar-refractivity contribution < 1.29 is 14.3 Å². The molecule has 2 amide bonds. The number of nitrogens with one attached hydrogen (secondary N) is 1. The molecule has 0 aromatic heterocycles. The molecule has 0 bridgehead atoms. The number of aryl methyl sites for hydroxylation is 3. The number of anilines is 2. The van der Waals surface area contributed by atoms with E-state index < -0.39 is 6.04 Å². The minimum absolute atomic E-state index is 0.0943. The van der Waals surface area contributed by atoms with Crippen LogP contribution < -0.4 is 15.0 Å². The number of halogens is 1. The quantitative estimate of drug-likeness (QED) is 0.823. The zero-order valence-electron chi connectivity index (χ0n) is 15.2. The smallest absolute Gasteiger partial charge is 0.256 e. The van der Waals surface area contributed by atoms with Gasteiger partial charge in [0.05, 0.1) is 19.2 Å². The lowest BCUT2D eigenvalue weighted by molar-refractivity contribution is -0.121. The third kappa shape index (κ3) is 3.27. The Labute approximate surface area is 157 Å². The summed E-state index contributed by atoms with van der Waals surface area (Å²) in [7, 11) is 1.49. The van der Waals surface area contributed by atoms with Crippen molar-refractivity contribution in [3.63, 3.8) is 0 Å². The molecule has 0 aliphatic carbocycles. The summed E-state index contributed by atoms with van der Waals surface area (Å²) in [6.45, 7) is 5.77. The molecule has 0 spiro atoms. The van der Waals surface area contributed by atoms with Crippen LogP contribution in [0.15, 0.2) is 30.3 Å². The van der Waals surface area contributed by atoms with Crippen LogP contribution >= 0.6 is 11.6 Å². The molecule has 5 nitrogen and oxygen atoms in total. The van der Waals surface area contributed by atoms with Gasteiger partial charge in [0.1, 0.15) is 11.8 Å². The van der Waals surface area contributed by atoms with Crippen LogP contribution in [-0.2, 0) is 9.59 Å². The van der Waals surface area contributed by atoms with Gasteiger partial charge in [0, 0.05) is 16.8 Å². The van der Waals surface area contributed by atoms with E-state index in [1.54, 1.807) is 12.1 Å². The topological polar surface area (TPSA) is 58.6 Å². The predicted molar refractivity (Wildman–Crippen MR) is 103 cm³/mol. The second kappa shape index (κ2) is 7.00. The first-order valence-corrected chi connectivity index (χ1v) is 8.74. The van der Waals surface area contributed by atoms with E-state index in [9.17, 15) is 9.59 Å². The minimum atomic E-state index is -0.608. The monoisotopic (exact) mass is 372 g/mol. The molecule has 1 aliphatic rings. The highest BCUT2D eigenvalue weighted by atomic mass is 35.5. The van der Waals surface area contributed by atoms with Gasteiger partial charge < -0.3 is 10.1 Å². The zero-order valence-corrected chi connectivity index (χ0v) is 16.0. The Morgan fingerprint density at radius 2 is 1.85 bits per heavy atom. The van der Waals surface area contributed by atoms with Crippen molar-refractivity contribution in [3.05, 3.63) is 52.0 Å². The maximum Gasteiger partial charge on any atom is 0.256 e. The summed E-state index contributed by atoms with van der Waals surface area (Å²) < 4.78 is 5.33. The number of carbonyl (C=O) groups is 2. The van der Waals surface area contributed by atoms with Gasteiger partial charge in [-0.1, -0.05) is 23.7 Å². The van der Waals surface area contributed by atoms with Gasteiger partial charge in [-0.15, -0.1) is 0 Å². The molecule has 1 saturated heterocycles. The lowest BCUT2D eigenvalue weighted by atomic mass is 10.1. The van der Waals surface area contributed by atoms with Crippen molar-refractivity contribution >= 4 is 34.8 Å². The maximum absolute atomic E-state index is 12.9. The summed E-state index contributed by atoms with van der Waals surface area (Å²) in [6, 6.07) is 8.69. The highest BCUT2D eigenvalue weighted by Crippen LogP contribution is 2.37. The van der Waals surface area contributed by atoms with Crippen LogP contribution in [0.25, 0.3) is 0 Å². The molecule has 26 heavy (non-hydrogen) atoms. The largest absolute Gasteiger partial charge is 0.495 e. The first-order valence-electron chi connectivity index (χ1n) is 8.36. The molecule has 1 fully saturated rings. The van der Waals surface area contributed by atoms with Gasteiger partial charge in [-0.2, -0.15) is 0 Å². The summed E-state index contributed by atoms with van der Waals surface area (Å²) in [5.41, 5.74) is 4.16. The third-order valence-electron chi connectivity index (χ3n) is 4.57. The fourth-order valence-corrected chi connectivity index (χ4v) is 3.22. The van der Waals surface area contributed by atoms with Crippen molar-refractivity contribution in [2.75, 3.05) is 17.3 Å². The summed E-state index contributed by atoms with van der Waals surface area (Å²) in [5.74, 6) is -0.163. The van der Waals surface area contributed by atoms with Crippen molar-refractivity contribution in [3.8, 4) is 5.75 Å². The number of nitrogens with zero attached hydrogens (tertiary/aromatic N) is 1. The van der Waals surface area contributed by atoms with Crippen molar-refractivity contribution in [2.45, 2.75) is 33.2 Å². The molecule has 0 saturated carbocycles. The Morgan fingerprint density at radius 1 is 1.12 bits per heavy atom. The van der Waals surface area contributed by atoms with Gasteiger partial charge in [0.15, 0.2) is 0 Å². The summed E-state index contributed by atoms with van der Waals surface area (Å²) >= 11 is 6.13. The molecular weight excluding hydrogens is 352 g/mol. The highest BCUT2D eigenvalue weighted by molar-refractivity contribution is 6.32. The van der Waals surface area contributed by atoms with Crippen molar-refractivity contribution in [1.29, 1.82) is 0 Å². The predicted octanol–water partition coefficient (Wildman–Crippen LogP) is 4.02. The standard InChI is InChI=1S/C20H21ClN2O3/c1-11-5-6-12(2)15(7-11)22-16-10-19(24)23(20(16)25)17-8-13(3)14(21)9-18(17)26-4/h5-9,16,22H,10H2,1-4H3/t16-/m1/s1. The van der Waals surface area contributed by atoms with Crippen molar-refractivity contribution in [2.24, 2.45) is 0 Å². The second-order valence-electron chi connectivity index (χ2n) is 6.56. The van der Waals surface area contributed by atoms with Crippen LogP contribution in [0.3, 0.4) is 0 Å². The third-order valence-corrected chi connectivity index (χ3v) is 4.98. The Kier molecular flexibility index (Phi) is 4.92. The van der Waals surface area contributed by atoms with Crippen LogP contribution in [0.4, 0.5) is 11.4 Å². The van der Waals surface area contributed by atoms with E-state index in [1.807, 2.05) is 39.0 Å². The molecule has 1 atom stereocenters. The van der Waals surface area contributed by atoms with E-state index in [1.165, 1.54) is 12.0 Å². The molecule has 136 valence electrons. The Hall–Kier alpha value is -2.53. The van der Waals surface area contributed by atoms with Gasteiger partial charge in [-0.05, 0) is 49.6 Å². The number of benzene rings is 2. The van der Waals surface area contributed by atoms with Gasteiger partial charge in [0.2, 0.25) is 5.91 Å². The normalized spacial score (nSPS) is 17.0. The molecule has 2 aromatic rings.